The maximum absolute atomic E-state index is 10.7. The zero-order valence-corrected chi connectivity index (χ0v) is 24.8. The second kappa shape index (κ2) is 17.9. The molecule has 0 saturated heterocycles. The molecule has 0 amide bonds. The molecule has 4 aromatic heterocycles. The van der Waals surface area contributed by atoms with Crippen LogP contribution in [0.2, 0.25) is 0 Å². The Kier molecular flexibility index (Phi) is 14.3. The molecule has 0 saturated carbocycles. The average molecular weight is 736 g/mol. The molecule has 0 aliphatic rings. The molecule has 0 fully saturated rings. The summed E-state index contributed by atoms with van der Waals surface area (Å²) in [5.74, 6) is -0.963. The fourth-order valence-electron chi connectivity index (χ4n) is 3.37. The van der Waals surface area contributed by atoms with Gasteiger partial charge in [-0.25, -0.2) is 4.79 Å². The van der Waals surface area contributed by atoms with Gasteiger partial charge in [-0.05, 0) is 47.8 Å². The number of rotatable bonds is 4. The zero-order valence-electron chi connectivity index (χ0n) is 21.6. The van der Waals surface area contributed by atoms with E-state index in [9.17, 15) is 4.79 Å². The Hall–Kier alpha value is -4.55. The van der Waals surface area contributed by atoms with Crippen LogP contribution < -0.4 is 12.4 Å². The van der Waals surface area contributed by atoms with Crippen LogP contribution in [0, 0.1) is 12.1 Å². The molecule has 0 bridgehead atoms. The minimum atomic E-state index is -0.963. The van der Waals surface area contributed by atoms with E-state index in [-0.39, 0.29) is 38.1 Å². The molecule has 6 aromatic rings. The fourth-order valence-corrected chi connectivity index (χ4v) is 3.37. The number of hydrogen-bond donors (Lipinski definition) is 1. The van der Waals surface area contributed by atoms with Gasteiger partial charge in [0.15, 0.2) is 0 Å². The summed E-state index contributed by atoms with van der Waals surface area (Å²) in [5, 5.41) is 8.81. The summed E-state index contributed by atoms with van der Waals surface area (Å²) in [6, 6.07) is 42.0. The molecule has 4 heterocycles. The Balaban J connectivity index is 0.000000212. The maximum Gasteiger partial charge on any atom is 0.335 e. The second-order valence-electron chi connectivity index (χ2n) is 7.93. The topological polar surface area (TPSA) is 88.9 Å². The molecule has 1 radical (unpaired) electrons. The summed E-state index contributed by atoms with van der Waals surface area (Å²) in [7, 11) is 0. The van der Waals surface area contributed by atoms with Gasteiger partial charge in [0.05, 0.1) is 17.0 Å². The minimum Gasteiger partial charge on any atom is -1.00 e. The summed E-state index contributed by atoms with van der Waals surface area (Å²) in [4.78, 5) is 27.3. The molecular formula is C33H24ClIrN4O2-3. The van der Waals surface area contributed by atoms with Crippen molar-refractivity contribution in [2.24, 2.45) is 0 Å². The van der Waals surface area contributed by atoms with Gasteiger partial charge in [-0.2, -0.15) is 0 Å². The van der Waals surface area contributed by atoms with Crippen molar-refractivity contribution in [3.63, 3.8) is 0 Å². The summed E-state index contributed by atoms with van der Waals surface area (Å²) < 4.78 is 0. The van der Waals surface area contributed by atoms with E-state index in [1.54, 1.807) is 30.7 Å². The van der Waals surface area contributed by atoms with Crippen molar-refractivity contribution in [2.75, 3.05) is 0 Å². The minimum absolute atomic E-state index is 0. The van der Waals surface area contributed by atoms with E-state index in [0.29, 0.717) is 11.4 Å². The van der Waals surface area contributed by atoms with Gasteiger partial charge in [0.1, 0.15) is 0 Å². The van der Waals surface area contributed by atoms with Gasteiger partial charge >= 0.3 is 5.97 Å². The summed E-state index contributed by atoms with van der Waals surface area (Å²) in [6.07, 6.45) is 6.68. The van der Waals surface area contributed by atoms with Gasteiger partial charge in [0, 0.05) is 44.9 Å². The quantitative estimate of drug-likeness (QED) is 0.276. The van der Waals surface area contributed by atoms with Crippen LogP contribution in [0.1, 0.15) is 10.4 Å². The number of carbonyl (C=O) groups is 1. The number of carboxylic acid groups (broad SMARTS) is 1. The molecule has 0 atom stereocenters. The predicted octanol–water partition coefficient (Wildman–Crippen LogP) is 3.94. The molecule has 1 N–H and O–H groups in total. The molecule has 8 heteroatoms. The molecule has 207 valence electrons. The first-order chi connectivity index (χ1) is 19.2. The molecule has 0 aliphatic carbocycles. The molecule has 0 aliphatic heterocycles. The van der Waals surface area contributed by atoms with Crippen molar-refractivity contribution >= 4 is 5.97 Å². The Labute approximate surface area is 259 Å². The van der Waals surface area contributed by atoms with Crippen LogP contribution in [0.3, 0.4) is 0 Å². The third-order valence-corrected chi connectivity index (χ3v) is 5.23. The van der Waals surface area contributed by atoms with Crippen LogP contribution >= 0.6 is 0 Å². The third-order valence-electron chi connectivity index (χ3n) is 5.23. The number of aromatic nitrogens is 4. The molecule has 2 aromatic carbocycles. The Morgan fingerprint density at radius 2 is 0.976 bits per heavy atom. The van der Waals surface area contributed by atoms with Crippen LogP contribution in [0.5, 0.6) is 0 Å². The van der Waals surface area contributed by atoms with Crippen molar-refractivity contribution in [3.05, 3.63) is 158 Å². The summed E-state index contributed by atoms with van der Waals surface area (Å²) in [5.41, 5.74) is 5.47. The Morgan fingerprint density at radius 1 is 0.537 bits per heavy atom. The number of carboxylic acids is 1. The largest absolute Gasteiger partial charge is 1.00 e. The van der Waals surface area contributed by atoms with Crippen LogP contribution in [-0.4, -0.2) is 31.0 Å². The van der Waals surface area contributed by atoms with E-state index in [1.165, 1.54) is 18.3 Å². The van der Waals surface area contributed by atoms with Crippen molar-refractivity contribution in [3.8, 4) is 33.9 Å². The van der Waals surface area contributed by atoms with Gasteiger partial charge in [-0.3, -0.25) is 9.97 Å². The van der Waals surface area contributed by atoms with E-state index < -0.39 is 5.97 Å². The summed E-state index contributed by atoms with van der Waals surface area (Å²) in [6.45, 7) is 0. The van der Waals surface area contributed by atoms with E-state index in [2.05, 4.69) is 32.1 Å². The monoisotopic (exact) mass is 736 g/mol. The smallest absolute Gasteiger partial charge is 0.335 e. The Bertz CT molecular complexity index is 1410. The Morgan fingerprint density at radius 3 is 1.37 bits per heavy atom. The van der Waals surface area contributed by atoms with E-state index in [1.807, 2.05) is 91.0 Å². The number of benzene rings is 2. The van der Waals surface area contributed by atoms with E-state index in [4.69, 9.17) is 5.11 Å². The molecule has 0 unspecified atom stereocenters. The normalized spacial score (nSPS) is 9.27. The average Bonchev–Trinajstić information content (AvgIpc) is 3.04. The van der Waals surface area contributed by atoms with Gasteiger partial charge in [-0.15, -0.1) is 71.8 Å². The molecule has 41 heavy (non-hydrogen) atoms. The standard InChI is InChI=1S/C11H8N2O2.2C11H8N.ClH.Ir/c14-11(15)8-4-6-13-10(7-8)9-3-1-2-5-12-9;2*1-2-6-10(7-3-1)11-8-4-5-9-12-11;;/h1-7H,(H,14,15);2*1-6,8-9H;1H;/q;2*-1;;/p-1. The van der Waals surface area contributed by atoms with Gasteiger partial charge in [0.2, 0.25) is 0 Å². The fraction of sp³-hybridized carbons (Fsp3) is 0. The molecule has 6 nitrogen and oxygen atoms in total. The number of nitrogens with zero attached hydrogens (tertiary/aromatic N) is 4. The SMILES string of the molecule is O=C(O)c1ccnc(-c2ccccn2)c1.[Cl-].[Ir].[c-]1ccccc1-c1ccccn1.[c-]1ccccc1-c1ccccn1. The van der Waals surface area contributed by atoms with E-state index >= 15 is 0 Å². The van der Waals surface area contributed by atoms with Crippen LogP contribution in [0.4, 0.5) is 0 Å². The maximum atomic E-state index is 10.7. The first-order valence-corrected chi connectivity index (χ1v) is 12.1. The van der Waals surface area contributed by atoms with Crippen molar-refractivity contribution < 1.29 is 42.4 Å². The van der Waals surface area contributed by atoms with Crippen molar-refractivity contribution in [2.45, 2.75) is 0 Å². The first kappa shape index (κ1) is 32.7. The predicted molar refractivity (Wildman–Crippen MR) is 151 cm³/mol. The number of hydrogen-bond acceptors (Lipinski definition) is 5. The molecular weight excluding hydrogens is 712 g/mol. The third kappa shape index (κ3) is 10.5. The van der Waals surface area contributed by atoms with Crippen LogP contribution in [0.25, 0.3) is 33.9 Å². The first-order valence-electron chi connectivity index (χ1n) is 12.1. The number of aromatic carboxylic acids is 1. The summed E-state index contributed by atoms with van der Waals surface area (Å²) >= 11 is 0. The second-order valence-corrected chi connectivity index (χ2v) is 7.93. The van der Waals surface area contributed by atoms with Gasteiger partial charge in [0.25, 0.3) is 0 Å². The van der Waals surface area contributed by atoms with Gasteiger partial charge < -0.3 is 27.5 Å². The number of halogens is 1. The van der Waals surface area contributed by atoms with Crippen molar-refractivity contribution in [1.29, 1.82) is 0 Å². The zero-order chi connectivity index (χ0) is 27.1. The number of pyridine rings is 4. The van der Waals surface area contributed by atoms with Crippen molar-refractivity contribution in [1.82, 2.24) is 19.9 Å². The molecule has 0 spiro atoms. The van der Waals surface area contributed by atoms with Crippen LogP contribution in [0.15, 0.2) is 140 Å². The molecule has 6 rings (SSSR count). The van der Waals surface area contributed by atoms with E-state index in [0.717, 1.165) is 22.5 Å². The van der Waals surface area contributed by atoms with Crippen LogP contribution in [-0.2, 0) is 20.1 Å². The van der Waals surface area contributed by atoms with Gasteiger partial charge in [-0.1, -0.05) is 30.3 Å².